The number of hydrogen-bond acceptors (Lipinski definition) is 5. The minimum atomic E-state index is -4.60. The largest absolute Gasteiger partial charge is 0.494 e. The number of hydrogen-bond donors (Lipinski definition) is 1. The Kier molecular flexibility index (Phi) is 6.70. The molecule has 8 nitrogen and oxygen atoms in total. The molecule has 2 aromatic carbocycles. The summed E-state index contributed by atoms with van der Waals surface area (Å²) in [6.07, 6.45) is -3.12. The standard InChI is InChI=1S/C31H30ClF3N4O4/c1-16(2)43-21-14-29(3,42-5)25-26-30(21,4)27-37-23(17-9-11-20(32)12-10-17)24(18-7-6-8-19(13-18)31(33,34)35)39(27)28(41)38(26)15-22(40)36-25/h6-14,16,23-24H,15H2,1-5H3,(H,36,40). The van der Waals surface area contributed by atoms with E-state index in [1.54, 1.807) is 43.3 Å². The summed E-state index contributed by atoms with van der Waals surface area (Å²) < 4.78 is 53.9. The average molecular weight is 615 g/mol. The Bertz CT molecular complexity index is 1620. The number of carbonyl (C=O) groups is 2. The zero-order chi connectivity index (χ0) is 31.1. The number of rotatable bonds is 5. The van der Waals surface area contributed by atoms with Crippen LogP contribution >= 0.6 is 11.6 Å². The van der Waals surface area contributed by atoms with Crippen molar-refractivity contribution >= 4 is 29.4 Å². The van der Waals surface area contributed by atoms with Gasteiger partial charge < -0.3 is 14.8 Å². The Morgan fingerprint density at radius 1 is 1.09 bits per heavy atom. The number of amidine groups is 1. The highest BCUT2D eigenvalue weighted by molar-refractivity contribution is 6.30. The fraction of sp³-hybridized carbons (Fsp3) is 0.387. The van der Waals surface area contributed by atoms with Gasteiger partial charge in [0.2, 0.25) is 5.91 Å². The van der Waals surface area contributed by atoms with E-state index in [0.29, 0.717) is 33.6 Å². The third-order valence-corrected chi connectivity index (χ3v) is 8.70. The second-order valence-electron chi connectivity index (χ2n) is 11.6. The molecule has 4 unspecified atom stereocenters. The summed E-state index contributed by atoms with van der Waals surface area (Å²) in [5.41, 5.74) is -1.47. The third kappa shape index (κ3) is 4.43. The number of fused-ring (bicyclic) bond motifs is 2. The first-order chi connectivity index (χ1) is 20.2. The van der Waals surface area contributed by atoms with Gasteiger partial charge in [-0.2, -0.15) is 13.2 Å². The minimum absolute atomic E-state index is 0.243. The Hall–Kier alpha value is -3.83. The second-order valence-corrected chi connectivity index (χ2v) is 12.1. The molecule has 6 rings (SSSR count). The normalized spacial score (nSPS) is 28.4. The van der Waals surface area contributed by atoms with Gasteiger partial charge in [0, 0.05) is 12.1 Å². The van der Waals surface area contributed by atoms with Crippen molar-refractivity contribution in [2.75, 3.05) is 13.7 Å². The first-order valence-corrected chi connectivity index (χ1v) is 14.2. The maximum absolute atomic E-state index is 14.5. The fourth-order valence-electron chi connectivity index (χ4n) is 6.40. The molecule has 1 saturated heterocycles. The predicted octanol–water partition coefficient (Wildman–Crippen LogP) is 6.37. The zero-order valence-electron chi connectivity index (χ0n) is 24.1. The van der Waals surface area contributed by atoms with Gasteiger partial charge in [-0.3, -0.25) is 19.6 Å². The molecule has 226 valence electrons. The zero-order valence-corrected chi connectivity index (χ0v) is 24.9. The summed E-state index contributed by atoms with van der Waals surface area (Å²) in [5, 5.41) is 3.39. The van der Waals surface area contributed by atoms with Gasteiger partial charge >= 0.3 is 12.2 Å². The van der Waals surface area contributed by atoms with E-state index >= 15 is 0 Å². The highest BCUT2D eigenvalue weighted by Crippen LogP contribution is 2.58. The first-order valence-electron chi connectivity index (χ1n) is 13.8. The molecule has 4 aliphatic rings. The number of nitrogens with one attached hydrogen (secondary N) is 1. The molecule has 12 heteroatoms. The van der Waals surface area contributed by atoms with Gasteiger partial charge in [-0.1, -0.05) is 35.9 Å². The van der Waals surface area contributed by atoms with E-state index in [0.717, 1.165) is 12.1 Å². The quantitative estimate of drug-likeness (QED) is 0.425. The summed E-state index contributed by atoms with van der Waals surface area (Å²) >= 11 is 6.17. The van der Waals surface area contributed by atoms with Crippen molar-refractivity contribution < 1.29 is 32.2 Å². The van der Waals surface area contributed by atoms with Crippen LogP contribution in [-0.2, 0) is 20.4 Å². The van der Waals surface area contributed by atoms with E-state index in [4.69, 9.17) is 26.1 Å². The van der Waals surface area contributed by atoms with E-state index in [2.05, 4.69) is 5.32 Å². The Balaban J connectivity index is 1.63. The van der Waals surface area contributed by atoms with Crippen molar-refractivity contribution in [3.05, 3.63) is 93.5 Å². The molecular formula is C31H30ClF3N4O4. The van der Waals surface area contributed by atoms with Gasteiger partial charge in [-0.05, 0) is 69.2 Å². The summed E-state index contributed by atoms with van der Waals surface area (Å²) in [4.78, 5) is 35.4. The van der Waals surface area contributed by atoms with Crippen LogP contribution < -0.4 is 5.32 Å². The lowest BCUT2D eigenvalue weighted by Gasteiger charge is -2.54. The number of urea groups is 1. The Morgan fingerprint density at radius 3 is 2.42 bits per heavy atom. The van der Waals surface area contributed by atoms with Crippen LogP contribution in [0.25, 0.3) is 0 Å². The molecule has 0 aromatic heterocycles. The third-order valence-electron chi connectivity index (χ3n) is 8.45. The molecule has 4 atom stereocenters. The SMILES string of the molecule is COC1(C)C=C(OC(C)C)C2(C)C3=NC(c4ccc(Cl)cc4)C(c4cccc(C(F)(F)F)c4)N3C(=O)N3CC(=O)NC1=C32. The number of alkyl halides is 3. The van der Waals surface area contributed by atoms with Crippen molar-refractivity contribution in [1.29, 1.82) is 0 Å². The molecule has 0 bridgehead atoms. The number of nitrogens with zero attached hydrogens (tertiary/aromatic N) is 3. The summed E-state index contributed by atoms with van der Waals surface area (Å²) in [6, 6.07) is 9.41. The molecule has 3 amide bonds. The molecule has 3 aliphatic heterocycles. The minimum Gasteiger partial charge on any atom is -0.494 e. The van der Waals surface area contributed by atoms with Gasteiger partial charge in [0.1, 0.15) is 35.2 Å². The van der Waals surface area contributed by atoms with Crippen LogP contribution in [-0.4, -0.2) is 52.9 Å². The summed E-state index contributed by atoms with van der Waals surface area (Å²) in [7, 11) is 1.50. The average Bonchev–Trinajstić information content (AvgIpc) is 3.36. The van der Waals surface area contributed by atoms with Crippen LogP contribution in [0.15, 0.2) is 76.8 Å². The maximum Gasteiger partial charge on any atom is 0.416 e. The second kappa shape index (κ2) is 9.85. The van der Waals surface area contributed by atoms with Crippen LogP contribution in [0.3, 0.4) is 0 Å². The van der Waals surface area contributed by atoms with Crippen molar-refractivity contribution in [2.24, 2.45) is 10.4 Å². The number of methoxy groups -OCH3 is 1. The molecule has 1 aliphatic carbocycles. The van der Waals surface area contributed by atoms with E-state index < -0.39 is 46.8 Å². The van der Waals surface area contributed by atoms with Gasteiger partial charge in [0.25, 0.3) is 0 Å². The van der Waals surface area contributed by atoms with E-state index in [-0.39, 0.29) is 18.2 Å². The van der Waals surface area contributed by atoms with Gasteiger partial charge in [0.15, 0.2) is 0 Å². The molecule has 43 heavy (non-hydrogen) atoms. The first kappa shape index (κ1) is 29.3. The highest BCUT2D eigenvalue weighted by atomic mass is 35.5. The summed E-state index contributed by atoms with van der Waals surface area (Å²) in [5.74, 6) is 0.316. The molecule has 1 N–H and O–H groups in total. The van der Waals surface area contributed by atoms with Crippen molar-refractivity contribution in [3.63, 3.8) is 0 Å². The lowest BCUT2D eigenvalue weighted by Crippen LogP contribution is -2.66. The topological polar surface area (TPSA) is 83.5 Å². The smallest absolute Gasteiger partial charge is 0.416 e. The van der Waals surface area contributed by atoms with E-state index in [9.17, 15) is 22.8 Å². The molecule has 2 aromatic rings. The molecule has 0 radical (unpaired) electrons. The predicted molar refractivity (Wildman–Crippen MR) is 153 cm³/mol. The van der Waals surface area contributed by atoms with Crippen LogP contribution in [0.5, 0.6) is 0 Å². The highest BCUT2D eigenvalue weighted by Gasteiger charge is 2.63. The Morgan fingerprint density at radius 2 is 1.79 bits per heavy atom. The lowest BCUT2D eigenvalue weighted by atomic mass is 9.71. The number of carbonyl (C=O) groups excluding carboxylic acids is 2. The van der Waals surface area contributed by atoms with Gasteiger partial charge in [0.05, 0.1) is 29.1 Å². The van der Waals surface area contributed by atoms with Crippen molar-refractivity contribution in [2.45, 2.75) is 57.7 Å². The molecular weight excluding hydrogens is 585 g/mol. The number of aliphatic imine (C=N–C) groups is 1. The van der Waals surface area contributed by atoms with Crippen LogP contribution in [0.2, 0.25) is 5.02 Å². The number of ether oxygens (including phenoxy) is 2. The van der Waals surface area contributed by atoms with Crippen molar-refractivity contribution in [3.8, 4) is 0 Å². The van der Waals surface area contributed by atoms with Gasteiger partial charge in [-0.15, -0.1) is 0 Å². The molecule has 0 saturated carbocycles. The van der Waals surface area contributed by atoms with Crippen LogP contribution in [0, 0.1) is 5.41 Å². The molecule has 1 fully saturated rings. The Labute approximate surface area is 251 Å². The molecule has 0 spiro atoms. The fourth-order valence-corrected chi connectivity index (χ4v) is 6.52. The van der Waals surface area contributed by atoms with Crippen LogP contribution in [0.1, 0.15) is 56.5 Å². The summed E-state index contributed by atoms with van der Waals surface area (Å²) in [6.45, 7) is 7.04. The number of benzene rings is 2. The van der Waals surface area contributed by atoms with E-state index in [1.807, 2.05) is 20.8 Å². The monoisotopic (exact) mass is 614 g/mol. The number of halogens is 4. The van der Waals surface area contributed by atoms with Gasteiger partial charge in [-0.25, -0.2) is 4.79 Å². The van der Waals surface area contributed by atoms with E-state index in [1.165, 1.54) is 23.0 Å². The van der Waals surface area contributed by atoms with Crippen molar-refractivity contribution in [1.82, 2.24) is 15.1 Å². The maximum atomic E-state index is 14.5. The number of amides is 3. The lowest BCUT2D eigenvalue weighted by molar-refractivity contribution is -0.137. The molecule has 3 heterocycles. The van der Waals surface area contributed by atoms with Crippen LogP contribution in [0.4, 0.5) is 18.0 Å².